The number of piperazine rings is 1. The van der Waals surface area contributed by atoms with Gasteiger partial charge in [-0.1, -0.05) is 19.9 Å². The van der Waals surface area contributed by atoms with Gasteiger partial charge in [0.25, 0.3) is 5.56 Å². The molecule has 0 aromatic carbocycles. The van der Waals surface area contributed by atoms with Gasteiger partial charge in [-0.15, -0.1) is 0 Å². The van der Waals surface area contributed by atoms with Crippen molar-refractivity contribution < 1.29 is 0 Å². The molecule has 0 bridgehead atoms. The summed E-state index contributed by atoms with van der Waals surface area (Å²) in [6.07, 6.45) is 5.76. The lowest BCUT2D eigenvalue weighted by molar-refractivity contribution is 0.101. The molecule has 3 aromatic rings. The zero-order valence-corrected chi connectivity index (χ0v) is 20.2. The standard InChI is InChI=1S/C25H33N7O/c1-6-20-15-32(21(7-2)14-31(20)18(4)19-9-8-17(3)27-13-19)22-12-24(33)29(5)23-16-30(11-10-26)28-25(22)23/h8-9,12-13,16,18,20-21H,6-7,11,14-15H2,1-5H3/t18?,20-,21+/m1/s1. The molecule has 1 fully saturated rings. The van der Waals surface area contributed by atoms with Crippen molar-refractivity contribution in [2.45, 2.75) is 65.2 Å². The van der Waals surface area contributed by atoms with Gasteiger partial charge in [-0.3, -0.25) is 19.4 Å². The second-order valence-corrected chi connectivity index (χ2v) is 9.03. The quantitative estimate of drug-likeness (QED) is 0.576. The first-order valence-electron chi connectivity index (χ1n) is 11.8. The molecule has 0 amide bonds. The van der Waals surface area contributed by atoms with Crippen LogP contribution < -0.4 is 10.5 Å². The summed E-state index contributed by atoms with van der Waals surface area (Å²) in [7, 11) is 1.76. The van der Waals surface area contributed by atoms with Gasteiger partial charge in [0.05, 0.1) is 23.5 Å². The monoisotopic (exact) mass is 447 g/mol. The average molecular weight is 448 g/mol. The van der Waals surface area contributed by atoms with Crippen molar-refractivity contribution in [2.75, 3.05) is 18.0 Å². The number of rotatable bonds is 6. The maximum Gasteiger partial charge on any atom is 0.252 e. The molecule has 0 radical (unpaired) electrons. The van der Waals surface area contributed by atoms with E-state index < -0.39 is 0 Å². The highest BCUT2D eigenvalue weighted by atomic mass is 16.1. The fourth-order valence-electron chi connectivity index (χ4n) is 4.98. The normalized spacial score (nSPS) is 20.2. The Balaban J connectivity index is 1.72. The van der Waals surface area contributed by atoms with Crippen LogP contribution in [0.1, 0.15) is 50.9 Å². The summed E-state index contributed by atoms with van der Waals surface area (Å²) in [5.41, 5.74) is 4.62. The lowest BCUT2D eigenvalue weighted by Gasteiger charge is -2.49. The fraction of sp³-hybridized carbons (Fsp3) is 0.520. The topological polar surface area (TPSA) is 83.0 Å². The summed E-state index contributed by atoms with van der Waals surface area (Å²) in [6, 6.07) is 8.96. The maximum absolute atomic E-state index is 12.8. The molecule has 1 aliphatic rings. The fourth-order valence-corrected chi connectivity index (χ4v) is 4.98. The first-order chi connectivity index (χ1) is 15.9. The minimum atomic E-state index is -0.0570. The number of pyridine rings is 2. The smallest absolute Gasteiger partial charge is 0.252 e. The van der Waals surface area contributed by atoms with Gasteiger partial charge in [0.1, 0.15) is 12.1 Å². The Kier molecular flexibility index (Phi) is 6.52. The Labute approximate surface area is 195 Å². The SMILES string of the molecule is CC[C@H]1CN(C(C)c2ccc(C)nc2)[C@H](CC)CN1c1cc(=O)n(C)c2cn(CC#N)nc12. The number of nitriles is 1. The summed E-state index contributed by atoms with van der Waals surface area (Å²) in [6.45, 7) is 10.6. The highest BCUT2D eigenvalue weighted by molar-refractivity contribution is 5.88. The van der Waals surface area contributed by atoms with Crippen molar-refractivity contribution in [3.8, 4) is 6.07 Å². The van der Waals surface area contributed by atoms with Gasteiger partial charge in [-0.2, -0.15) is 10.4 Å². The molecule has 8 nitrogen and oxygen atoms in total. The van der Waals surface area contributed by atoms with Crippen LogP contribution in [0.3, 0.4) is 0 Å². The Bertz CT molecular complexity index is 1220. The predicted octanol–water partition coefficient (Wildman–Crippen LogP) is 3.40. The molecule has 4 heterocycles. The first kappa shape index (κ1) is 23.0. The molecule has 0 spiro atoms. The van der Waals surface area contributed by atoms with E-state index in [-0.39, 0.29) is 24.2 Å². The predicted molar refractivity (Wildman–Crippen MR) is 130 cm³/mol. The third-order valence-electron chi connectivity index (χ3n) is 7.07. The molecule has 4 rings (SSSR count). The number of fused-ring (bicyclic) bond motifs is 1. The molecule has 1 unspecified atom stereocenters. The van der Waals surface area contributed by atoms with Gasteiger partial charge >= 0.3 is 0 Å². The van der Waals surface area contributed by atoms with E-state index >= 15 is 0 Å². The largest absolute Gasteiger partial charge is 0.364 e. The zero-order valence-electron chi connectivity index (χ0n) is 20.2. The minimum absolute atomic E-state index is 0.0570. The minimum Gasteiger partial charge on any atom is -0.364 e. The van der Waals surface area contributed by atoms with Crippen LogP contribution in [0.2, 0.25) is 0 Å². The van der Waals surface area contributed by atoms with Gasteiger partial charge in [-0.25, -0.2) is 0 Å². The van der Waals surface area contributed by atoms with E-state index in [1.165, 1.54) is 5.56 Å². The highest BCUT2D eigenvalue weighted by Gasteiger charge is 2.36. The molecule has 33 heavy (non-hydrogen) atoms. The number of anilines is 1. The average Bonchev–Trinajstić information content (AvgIpc) is 3.25. The van der Waals surface area contributed by atoms with Crippen LogP contribution in [-0.4, -0.2) is 49.4 Å². The van der Waals surface area contributed by atoms with Gasteiger partial charge in [-0.05, 0) is 38.3 Å². The lowest BCUT2D eigenvalue weighted by atomic mass is 9.97. The van der Waals surface area contributed by atoms with Crippen molar-refractivity contribution in [2.24, 2.45) is 7.05 Å². The van der Waals surface area contributed by atoms with Gasteiger partial charge < -0.3 is 9.47 Å². The Morgan fingerprint density at radius 3 is 2.61 bits per heavy atom. The van der Waals surface area contributed by atoms with Gasteiger partial charge in [0.2, 0.25) is 0 Å². The van der Waals surface area contributed by atoms with E-state index in [0.717, 1.165) is 48.3 Å². The molecule has 3 aromatic heterocycles. The molecule has 3 atom stereocenters. The summed E-state index contributed by atoms with van der Waals surface area (Å²) < 4.78 is 3.23. The molecule has 0 saturated carbocycles. The molecule has 0 aliphatic carbocycles. The third-order valence-corrected chi connectivity index (χ3v) is 7.07. The summed E-state index contributed by atoms with van der Waals surface area (Å²) in [5, 5.41) is 13.8. The van der Waals surface area contributed by atoms with Crippen molar-refractivity contribution in [1.82, 2.24) is 24.2 Å². The van der Waals surface area contributed by atoms with E-state index in [2.05, 4.69) is 58.9 Å². The summed E-state index contributed by atoms with van der Waals surface area (Å²) in [5.74, 6) is 0. The molecule has 1 saturated heterocycles. The van der Waals surface area contributed by atoms with Crippen molar-refractivity contribution in [3.05, 3.63) is 52.2 Å². The van der Waals surface area contributed by atoms with Crippen LogP contribution in [0.4, 0.5) is 5.69 Å². The van der Waals surface area contributed by atoms with E-state index in [1.54, 1.807) is 28.6 Å². The number of aromatic nitrogens is 4. The van der Waals surface area contributed by atoms with Crippen LogP contribution in [-0.2, 0) is 13.6 Å². The van der Waals surface area contributed by atoms with Crippen LogP contribution in [0.15, 0.2) is 35.4 Å². The molecule has 8 heteroatoms. The van der Waals surface area contributed by atoms with E-state index in [1.807, 2.05) is 13.1 Å². The van der Waals surface area contributed by atoms with Crippen LogP contribution >= 0.6 is 0 Å². The third kappa shape index (κ3) is 4.25. The maximum atomic E-state index is 12.8. The van der Waals surface area contributed by atoms with Crippen LogP contribution in [0, 0.1) is 18.3 Å². The lowest BCUT2D eigenvalue weighted by Crippen LogP contribution is -2.58. The Hall–Kier alpha value is -3.18. The Morgan fingerprint density at radius 2 is 1.97 bits per heavy atom. The van der Waals surface area contributed by atoms with Gasteiger partial charge in [0.15, 0.2) is 0 Å². The number of nitrogens with zero attached hydrogens (tertiary/aromatic N) is 7. The first-order valence-corrected chi connectivity index (χ1v) is 11.8. The molecular weight excluding hydrogens is 414 g/mol. The van der Waals surface area contributed by atoms with E-state index in [0.29, 0.717) is 6.04 Å². The van der Waals surface area contributed by atoms with Crippen molar-refractivity contribution >= 4 is 16.7 Å². The summed E-state index contributed by atoms with van der Waals surface area (Å²) in [4.78, 5) is 22.3. The number of hydrogen-bond donors (Lipinski definition) is 0. The zero-order chi connectivity index (χ0) is 23.7. The molecular formula is C25H33N7O. The van der Waals surface area contributed by atoms with E-state index in [4.69, 9.17) is 5.26 Å². The molecule has 1 aliphatic heterocycles. The van der Waals surface area contributed by atoms with Crippen molar-refractivity contribution in [1.29, 1.82) is 5.26 Å². The number of aryl methyl sites for hydroxylation is 2. The Morgan fingerprint density at radius 1 is 1.21 bits per heavy atom. The van der Waals surface area contributed by atoms with Crippen molar-refractivity contribution in [3.63, 3.8) is 0 Å². The highest BCUT2D eigenvalue weighted by Crippen LogP contribution is 2.34. The van der Waals surface area contributed by atoms with Crippen LogP contribution in [0.5, 0.6) is 0 Å². The second-order valence-electron chi connectivity index (χ2n) is 9.03. The van der Waals surface area contributed by atoms with Crippen LogP contribution in [0.25, 0.3) is 11.0 Å². The number of hydrogen-bond acceptors (Lipinski definition) is 6. The van der Waals surface area contributed by atoms with Gasteiger partial charge in [0, 0.05) is 56.2 Å². The van der Waals surface area contributed by atoms with E-state index in [9.17, 15) is 4.79 Å². The molecule has 174 valence electrons. The molecule has 0 N–H and O–H groups in total. The second kappa shape index (κ2) is 9.36. The summed E-state index contributed by atoms with van der Waals surface area (Å²) >= 11 is 0.